The second-order valence-electron chi connectivity index (χ2n) is 5.55. The molecule has 1 aliphatic rings. The summed E-state index contributed by atoms with van der Waals surface area (Å²) < 4.78 is 8.16. The summed E-state index contributed by atoms with van der Waals surface area (Å²) in [6.07, 6.45) is 2.53. The molecule has 1 heterocycles. The minimum absolute atomic E-state index is 0.647. The number of fused-ring (bicyclic) bond motifs is 1. The van der Waals surface area contributed by atoms with E-state index in [-0.39, 0.29) is 0 Å². The molecule has 0 amide bonds. The lowest BCUT2D eigenvalue weighted by Gasteiger charge is -2.10. The van der Waals surface area contributed by atoms with Crippen molar-refractivity contribution in [2.45, 2.75) is 25.3 Å². The monoisotopic (exact) mass is 278 g/mol. The molecule has 4 rings (SSSR count). The van der Waals surface area contributed by atoms with E-state index in [1.807, 2.05) is 30.3 Å². The van der Waals surface area contributed by atoms with Crippen LogP contribution in [0.3, 0.4) is 0 Å². The summed E-state index contributed by atoms with van der Waals surface area (Å²) in [4.78, 5) is 4.81. The van der Waals surface area contributed by atoms with E-state index in [1.165, 1.54) is 24.2 Å². The molecule has 1 aromatic heterocycles. The van der Waals surface area contributed by atoms with Crippen molar-refractivity contribution in [2.24, 2.45) is 0 Å². The SMILES string of the molecule is c1ccc(OCCn2c(C3CC3)nc3ccccc32)cc1. The summed E-state index contributed by atoms with van der Waals surface area (Å²) in [6.45, 7) is 1.52. The zero-order valence-corrected chi connectivity index (χ0v) is 11.9. The maximum atomic E-state index is 5.83. The highest BCUT2D eigenvalue weighted by Gasteiger charge is 2.29. The lowest BCUT2D eigenvalue weighted by molar-refractivity contribution is 0.298. The minimum Gasteiger partial charge on any atom is -0.492 e. The molecule has 0 atom stereocenters. The van der Waals surface area contributed by atoms with Gasteiger partial charge in [0.2, 0.25) is 0 Å². The van der Waals surface area contributed by atoms with Gasteiger partial charge in [-0.2, -0.15) is 0 Å². The van der Waals surface area contributed by atoms with Crippen molar-refractivity contribution < 1.29 is 4.74 Å². The number of imidazole rings is 1. The van der Waals surface area contributed by atoms with Gasteiger partial charge in [-0.1, -0.05) is 30.3 Å². The van der Waals surface area contributed by atoms with E-state index in [0.717, 1.165) is 17.8 Å². The average molecular weight is 278 g/mol. The van der Waals surface area contributed by atoms with Crippen LogP contribution in [0.25, 0.3) is 11.0 Å². The molecule has 3 heteroatoms. The van der Waals surface area contributed by atoms with Gasteiger partial charge in [-0.25, -0.2) is 4.98 Å². The first kappa shape index (κ1) is 12.5. The predicted octanol–water partition coefficient (Wildman–Crippen LogP) is 3.99. The second-order valence-corrected chi connectivity index (χ2v) is 5.55. The number of para-hydroxylation sites is 3. The van der Waals surface area contributed by atoms with Gasteiger partial charge in [-0.15, -0.1) is 0 Å². The quantitative estimate of drug-likeness (QED) is 0.705. The van der Waals surface area contributed by atoms with E-state index in [9.17, 15) is 0 Å². The standard InChI is InChI=1S/C18H18N2O/c1-2-6-15(7-3-1)21-13-12-20-17-9-5-4-8-16(17)19-18(20)14-10-11-14/h1-9,14H,10-13H2. The van der Waals surface area contributed by atoms with Crippen molar-refractivity contribution in [3.05, 3.63) is 60.4 Å². The van der Waals surface area contributed by atoms with Gasteiger partial charge in [0.25, 0.3) is 0 Å². The fourth-order valence-corrected chi connectivity index (χ4v) is 2.75. The van der Waals surface area contributed by atoms with Crippen LogP contribution < -0.4 is 4.74 Å². The predicted molar refractivity (Wildman–Crippen MR) is 83.6 cm³/mol. The van der Waals surface area contributed by atoms with Crippen LogP contribution in [0.5, 0.6) is 5.75 Å². The first-order valence-corrected chi connectivity index (χ1v) is 7.55. The molecule has 2 aromatic carbocycles. The summed E-state index contributed by atoms with van der Waals surface area (Å²) in [7, 11) is 0. The summed E-state index contributed by atoms with van der Waals surface area (Å²) in [5.74, 6) is 2.80. The normalized spacial score (nSPS) is 14.5. The number of rotatable bonds is 5. The zero-order valence-electron chi connectivity index (χ0n) is 11.9. The molecule has 0 saturated heterocycles. The molecular formula is C18H18N2O. The summed E-state index contributed by atoms with van der Waals surface area (Å²) in [6, 6.07) is 18.4. The third-order valence-corrected chi connectivity index (χ3v) is 3.95. The van der Waals surface area contributed by atoms with Crippen LogP contribution in [-0.4, -0.2) is 16.2 Å². The van der Waals surface area contributed by atoms with Crippen LogP contribution in [0.1, 0.15) is 24.6 Å². The molecule has 3 aromatic rings. The van der Waals surface area contributed by atoms with Gasteiger partial charge in [0.1, 0.15) is 18.2 Å². The maximum Gasteiger partial charge on any atom is 0.119 e. The Morgan fingerprint density at radius 3 is 2.57 bits per heavy atom. The second kappa shape index (κ2) is 5.24. The van der Waals surface area contributed by atoms with Gasteiger partial charge in [0.15, 0.2) is 0 Å². The van der Waals surface area contributed by atoms with Crippen LogP contribution in [0.4, 0.5) is 0 Å². The molecule has 0 radical (unpaired) electrons. The molecule has 106 valence electrons. The highest BCUT2D eigenvalue weighted by molar-refractivity contribution is 5.76. The Kier molecular flexibility index (Phi) is 3.11. The summed E-state index contributed by atoms with van der Waals surface area (Å²) in [5.41, 5.74) is 2.31. The van der Waals surface area contributed by atoms with Gasteiger partial charge in [-0.05, 0) is 37.1 Å². The van der Waals surface area contributed by atoms with Crippen LogP contribution in [-0.2, 0) is 6.54 Å². The number of hydrogen-bond donors (Lipinski definition) is 0. The zero-order chi connectivity index (χ0) is 14.1. The third kappa shape index (κ3) is 2.51. The Hall–Kier alpha value is -2.29. The van der Waals surface area contributed by atoms with Crippen LogP contribution in [0.2, 0.25) is 0 Å². The van der Waals surface area contributed by atoms with Crippen LogP contribution in [0, 0.1) is 0 Å². The third-order valence-electron chi connectivity index (χ3n) is 3.95. The van der Waals surface area contributed by atoms with E-state index < -0.39 is 0 Å². The summed E-state index contributed by atoms with van der Waals surface area (Å²) >= 11 is 0. The van der Waals surface area contributed by atoms with Crippen molar-refractivity contribution in [3.63, 3.8) is 0 Å². The summed E-state index contributed by atoms with van der Waals surface area (Å²) in [5, 5.41) is 0. The number of hydrogen-bond acceptors (Lipinski definition) is 2. The molecule has 0 unspecified atom stereocenters. The smallest absolute Gasteiger partial charge is 0.119 e. The van der Waals surface area contributed by atoms with Gasteiger partial charge >= 0.3 is 0 Å². The highest BCUT2D eigenvalue weighted by atomic mass is 16.5. The fraction of sp³-hybridized carbons (Fsp3) is 0.278. The van der Waals surface area contributed by atoms with E-state index in [4.69, 9.17) is 9.72 Å². The molecule has 1 saturated carbocycles. The van der Waals surface area contributed by atoms with Crippen molar-refractivity contribution in [1.29, 1.82) is 0 Å². The Labute approximate surface area is 124 Å². The van der Waals surface area contributed by atoms with Crippen LogP contribution >= 0.6 is 0 Å². The van der Waals surface area contributed by atoms with E-state index in [0.29, 0.717) is 12.5 Å². The molecule has 0 bridgehead atoms. The first-order valence-electron chi connectivity index (χ1n) is 7.55. The van der Waals surface area contributed by atoms with Crippen molar-refractivity contribution in [2.75, 3.05) is 6.61 Å². The molecule has 1 fully saturated rings. The van der Waals surface area contributed by atoms with Crippen molar-refractivity contribution in [3.8, 4) is 5.75 Å². The molecule has 21 heavy (non-hydrogen) atoms. The number of aromatic nitrogens is 2. The minimum atomic E-state index is 0.647. The lowest BCUT2D eigenvalue weighted by Crippen LogP contribution is -2.10. The topological polar surface area (TPSA) is 27.1 Å². The molecule has 0 N–H and O–H groups in total. The molecule has 0 aliphatic heterocycles. The van der Waals surface area contributed by atoms with Gasteiger partial charge in [0, 0.05) is 5.92 Å². The van der Waals surface area contributed by atoms with Crippen LogP contribution in [0.15, 0.2) is 54.6 Å². The molecule has 0 spiro atoms. The largest absolute Gasteiger partial charge is 0.492 e. The van der Waals surface area contributed by atoms with E-state index in [2.05, 4.69) is 28.8 Å². The average Bonchev–Trinajstić information content (AvgIpc) is 3.31. The Morgan fingerprint density at radius 1 is 1.00 bits per heavy atom. The highest BCUT2D eigenvalue weighted by Crippen LogP contribution is 2.40. The Morgan fingerprint density at radius 2 is 1.76 bits per heavy atom. The number of benzene rings is 2. The number of ether oxygens (including phenoxy) is 1. The molecule has 3 nitrogen and oxygen atoms in total. The number of nitrogens with zero attached hydrogens (tertiary/aromatic N) is 2. The lowest BCUT2D eigenvalue weighted by atomic mass is 10.3. The maximum absolute atomic E-state index is 5.83. The van der Waals surface area contributed by atoms with E-state index >= 15 is 0 Å². The van der Waals surface area contributed by atoms with E-state index in [1.54, 1.807) is 0 Å². The fourth-order valence-electron chi connectivity index (χ4n) is 2.75. The van der Waals surface area contributed by atoms with Crippen molar-refractivity contribution in [1.82, 2.24) is 9.55 Å². The van der Waals surface area contributed by atoms with Gasteiger partial charge in [-0.3, -0.25) is 0 Å². The molecular weight excluding hydrogens is 260 g/mol. The van der Waals surface area contributed by atoms with Crippen molar-refractivity contribution >= 4 is 11.0 Å². The van der Waals surface area contributed by atoms with Gasteiger partial charge < -0.3 is 9.30 Å². The molecule has 1 aliphatic carbocycles. The Bertz CT molecular complexity index is 744. The van der Waals surface area contributed by atoms with Gasteiger partial charge in [0.05, 0.1) is 17.6 Å². The first-order chi connectivity index (χ1) is 10.4. The Balaban J connectivity index is 1.56.